The number of imide groups is 1. The number of carbonyl (C=O) groups is 2. The average molecular weight is 590 g/mol. The number of fused-ring (bicyclic) bond motifs is 1. The number of imidazole rings is 1. The summed E-state index contributed by atoms with van der Waals surface area (Å²) >= 11 is 6.27. The van der Waals surface area contributed by atoms with Crippen LogP contribution in [0.25, 0.3) is 11.2 Å². The summed E-state index contributed by atoms with van der Waals surface area (Å²) in [6, 6.07) is 12.7. The van der Waals surface area contributed by atoms with Crippen LogP contribution >= 0.6 is 11.6 Å². The molecule has 0 aliphatic carbocycles. The van der Waals surface area contributed by atoms with Crippen molar-refractivity contribution in [2.45, 2.75) is 32.9 Å². The van der Waals surface area contributed by atoms with Crippen LogP contribution < -0.4 is 21.0 Å². The van der Waals surface area contributed by atoms with Crippen molar-refractivity contribution < 1.29 is 9.59 Å². The summed E-state index contributed by atoms with van der Waals surface area (Å²) in [6.07, 6.45) is 0.106. The Bertz CT molecular complexity index is 1850. The summed E-state index contributed by atoms with van der Waals surface area (Å²) in [5, 5.41) is 0.506. The van der Waals surface area contributed by atoms with Gasteiger partial charge in [0.2, 0.25) is 11.9 Å². The number of amides is 2. The number of benzene rings is 2. The normalized spacial score (nSPS) is 18.1. The highest BCUT2D eigenvalue weighted by Gasteiger charge is 2.44. The first-order chi connectivity index (χ1) is 20.1. The molecule has 2 aliphatic rings. The molecule has 0 radical (unpaired) electrons. The van der Waals surface area contributed by atoms with Crippen LogP contribution in [0.4, 0.5) is 11.6 Å². The lowest BCUT2D eigenvalue weighted by molar-refractivity contribution is -0.123. The highest BCUT2D eigenvalue weighted by molar-refractivity contribution is 6.32. The molecule has 1 atom stereocenters. The topological polar surface area (TPSA) is 106 Å². The van der Waals surface area contributed by atoms with Crippen molar-refractivity contribution in [1.29, 1.82) is 0 Å². The highest BCUT2D eigenvalue weighted by Crippen LogP contribution is 2.32. The second-order valence-corrected chi connectivity index (χ2v) is 11.5. The Kier molecular flexibility index (Phi) is 7.02. The predicted molar refractivity (Wildman–Crippen MR) is 161 cm³/mol. The Morgan fingerprint density at radius 1 is 0.905 bits per heavy atom. The highest BCUT2D eigenvalue weighted by atomic mass is 35.5. The molecule has 11 nitrogen and oxygen atoms in total. The van der Waals surface area contributed by atoms with Gasteiger partial charge < -0.3 is 4.90 Å². The van der Waals surface area contributed by atoms with E-state index in [0.717, 1.165) is 15.7 Å². The van der Waals surface area contributed by atoms with Gasteiger partial charge in [0, 0.05) is 45.3 Å². The maximum Gasteiger partial charge on any atom is 0.332 e. The summed E-state index contributed by atoms with van der Waals surface area (Å²) in [6.45, 7) is 6.33. The Labute approximate surface area is 247 Å². The Morgan fingerprint density at radius 2 is 1.60 bits per heavy atom. The van der Waals surface area contributed by atoms with Crippen molar-refractivity contribution in [3.63, 3.8) is 0 Å². The lowest BCUT2D eigenvalue weighted by Gasteiger charge is -2.37. The molecule has 6 rings (SSSR count). The first kappa shape index (κ1) is 27.9. The summed E-state index contributed by atoms with van der Waals surface area (Å²) in [5.41, 5.74) is 3.21. The molecular weight excluding hydrogens is 558 g/mol. The van der Waals surface area contributed by atoms with Gasteiger partial charge in [0.05, 0.1) is 24.7 Å². The van der Waals surface area contributed by atoms with Crippen LogP contribution in [0.15, 0.2) is 52.1 Å². The minimum Gasteiger partial charge on any atom is -0.340 e. The molecule has 2 aliphatic heterocycles. The fourth-order valence-electron chi connectivity index (χ4n) is 5.93. The number of hydrogen-bond donors (Lipinski definition) is 0. The van der Waals surface area contributed by atoms with Crippen LogP contribution in [0.2, 0.25) is 5.02 Å². The summed E-state index contributed by atoms with van der Waals surface area (Å²) in [4.78, 5) is 62.7. The van der Waals surface area contributed by atoms with E-state index in [0.29, 0.717) is 66.1 Å². The van der Waals surface area contributed by atoms with Gasteiger partial charge in [0.15, 0.2) is 11.2 Å². The molecule has 0 N–H and O–H groups in total. The van der Waals surface area contributed by atoms with E-state index < -0.39 is 17.3 Å². The standard InChI is InChI=1S/C30H32ClN7O4/c1-18-8-10-20(11-9-18)17-37-25-26(33(3)30(42)34(4)28(25)41)32-29(37)36-14-12-35(13-15-36)23-16-24(39)38(27(23)40)22-7-5-6-21(31)19(22)2/h5-11,23H,12-17H2,1-4H3. The molecule has 218 valence electrons. The predicted octanol–water partition coefficient (Wildman–Crippen LogP) is 2.21. The molecule has 2 aromatic heterocycles. The molecule has 0 saturated carbocycles. The number of carbonyl (C=O) groups excluding carboxylic acids is 2. The van der Waals surface area contributed by atoms with Crippen molar-refractivity contribution in [3.8, 4) is 0 Å². The van der Waals surface area contributed by atoms with E-state index in [1.807, 2.05) is 40.7 Å². The Morgan fingerprint density at radius 3 is 2.29 bits per heavy atom. The van der Waals surface area contributed by atoms with E-state index in [2.05, 4.69) is 4.90 Å². The fourth-order valence-corrected chi connectivity index (χ4v) is 6.10. The van der Waals surface area contributed by atoms with E-state index in [1.54, 1.807) is 32.2 Å². The first-order valence-corrected chi connectivity index (χ1v) is 14.3. The minimum atomic E-state index is -0.558. The third kappa shape index (κ3) is 4.53. The van der Waals surface area contributed by atoms with Crippen LogP contribution in [0.5, 0.6) is 0 Å². The van der Waals surface area contributed by atoms with E-state index in [4.69, 9.17) is 16.6 Å². The van der Waals surface area contributed by atoms with Crippen molar-refractivity contribution >= 4 is 46.2 Å². The Balaban J connectivity index is 1.29. The SMILES string of the molecule is Cc1ccc(Cn2c(N3CCN(C4CC(=O)N(c5cccc(Cl)c5C)C4=O)CC3)nc3c2c(=O)n(C)c(=O)n3C)cc1. The van der Waals surface area contributed by atoms with Gasteiger partial charge in [0.1, 0.15) is 0 Å². The van der Waals surface area contributed by atoms with E-state index >= 15 is 0 Å². The van der Waals surface area contributed by atoms with Crippen molar-refractivity contribution in [2.75, 3.05) is 36.0 Å². The van der Waals surface area contributed by atoms with Crippen molar-refractivity contribution in [1.82, 2.24) is 23.6 Å². The van der Waals surface area contributed by atoms with Crippen LogP contribution in [-0.2, 0) is 30.2 Å². The van der Waals surface area contributed by atoms with Crippen molar-refractivity contribution in [2.24, 2.45) is 14.1 Å². The van der Waals surface area contributed by atoms with Crippen LogP contribution in [0.3, 0.4) is 0 Å². The molecule has 2 fully saturated rings. The second kappa shape index (κ2) is 10.6. The van der Waals surface area contributed by atoms with Gasteiger partial charge in [-0.2, -0.15) is 4.98 Å². The summed E-state index contributed by atoms with van der Waals surface area (Å²) in [5.74, 6) is 0.104. The van der Waals surface area contributed by atoms with Gasteiger partial charge in [-0.3, -0.25) is 33.0 Å². The number of anilines is 2. The molecule has 2 amide bonds. The largest absolute Gasteiger partial charge is 0.340 e. The number of piperazine rings is 1. The maximum absolute atomic E-state index is 13.5. The summed E-state index contributed by atoms with van der Waals surface area (Å²) < 4.78 is 4.39. The van der Waals surface area contributed by atoms with Crippen LogP contribution in [0, 0.1) is 13.8 Å². The van der Waals surface area contributed by atoms with E-state index in [1.165, 1.54) is 16.5 Å². The van der Waals surface area contributed by atoms with Gasteiger partial charge in [-0.15, -0.1) is 0 Å². The zero-order chi connectivity index (χ0) is 29.9. The van der Waals surface area contributed by atoms with Crippen molar-refractivity contribution in [3.05, 3.63) is 85.0 Å². The minimum absolute atomic E-state index is 0.106. The Hall–Kier alpha value is -4.22. The average Bonchev–Trinajstić information content (AvgIpc) is 3.50. The molecule has 4 heterocycles. The molecule has 42 heavy (non-hydrogen) atoms. The van der Waals surface area contributed by atoms with Gasteiger partial charge in [-0.25, -0.2) is 9.69 Å². The maximum atomic E-state index is 13.5. The monoisotopic (exact) mass is 589 g/mol. The summed E-state index contributed by atoms with van der Waals surface area (Å²) in [7, 11) is 3.09. The van der Waals surface area contributed by atoms with Gasteiger partial charge in [-0.1, -0.05) is 47.5 Å². The zero-order valence-corrected chi connectivity index (χ0v) is 24.8. The zero-order valence-electron chi connectivity index (χ0n) is 24.0. The van der Waals surface area contributed by atoms with Gasteiger partial charge in [0.25, 0.3) is 11.5 Å². The number of nitrogens with zero attached hydrogens (tertiary/aromatic N) is 7. The van der Waals surface area contributed by atoms with E-state index in [9.17, 15) is 19.2 Å². The quantitative estimate of drug-likeness (QED) is 0.329. The number of rotatable bonds is 5. The molecule has 1 unspecified atom stereocenters. The number of aromatic nitrogens is 4. The first-order valence-electron chi connectivity index (χ1n) is 13.9. The lowest BCUT2D eigenvalue weighted by Crippen LogP contribution is -2.53. The van der Waals surface area contributed by atoms with Crippen LogP contribution in [0.1, 0.15) is 23.1 Å². The van der Waals surface area contributed by atoms with E-state index in [-0.39, 0.29) is 18.2 Å². The second-order valence-electron chi connectivity index (χ2n) is 11.1. The molecular formula is C30H32ClN7O4. The number of hydrogen-bond acceptors (Lipinski definition) is 7. The van der Waals surface area contributed by atoms with Crippen LogP contribution in [-0.4, -0.2) is 67.6 Å². The molecule has 2 aromatic carbocycles. The number of halogens is 1. The smallest absolute Gasteiger partial charge is 0.332 e. The molecule has 12 heteroatoms. The molecule has 2 saturated heterocycles. The third-order valence-electron chi connectivity index (χ3n) is 8.43. The fraction of sp³-hybridized carbons (Fsp3) is 0.367. The van der Waals surface area contributed by atoms with Gasteiger partial charge in [-0.05, 0) is 37.1 Å². The molecule has 4 aromatic rings. The number of aryl methyl sites for hydroxylation is 2. The lowest BCUT2D eigenvalue weighted by atomic mass is 10.1. The molecule has 0 spiro atoms. The molecule has 0 bridgehead atoms. The van der Waals surface area contributed by atoms with Gasteiger partial charge >= 0.3 is 5.69 Å². The third-order valence-corrected chi connectivity index (χ3v) is 8.84.